The molecule has 1 N–H and O–H groups in total. The molecule has 0 amide bonds. The van der Waals surface area contributed by atoms with Gasteiger partial charge in [0.1, 0.15) is 5.82 Å². The van der Waals surface area contributed by atoms with Crippen LogP contribution in [0, 0.1) is 5.82 Å². The molecule has 0 aromatic heterocycles. The molecule has 2 rings (SSSR count). The maximum Gasteiger partial charge on any atom is 0.123 e. The minimum Gasteiger partial charge on any atom is -0.378 e. The fraction of sp³-hybridized carbons (Fsp3) is 0.600. The predicted octanol–water partition coefficient (Wildman–Crippen LogP) is 2.91. The zero-order valence-corrected chi connectivity index (χ0v) is 11.2. The molecule has 0 heterocycles. The van der Waals surface area contributed by atoms with Crippen LogP contribution in [0.15, 0.2) is 24.3 Å². The molecule has 0 spiro atoms. The number of nitrogens with one attached hydrogen (secondary N) is 1. The van der Waals surface area contributed by atoms with Gasteiger partial charge in [0.25, 0.3) is 0 Å². The molecular weight excluding hydrogens is 229 g/mol. The normalized spacial score (nSPS) is 24.6. The molecule has 100 valence electrons. The highest BCUT2D eigenvalue weighted by atomic mass is 19.1. The Morgan fingerprint density at radius 3 is 2.61 bits per heavy atom. The number of benzene rings is 1. The molecule has 3 heteroatoms. The van der Waals surface area contributed by atoms with Gasteiger partial charge < -0.3 is 10.1 Å². The Hall–Kier alpha value is -0.930. The molecule has 1 unspecified atom stereocenters. The van der Waals surface area contributed by atoms with Crippen LogP contribution < -0.4 is 5.32 Å². The monoisotopic (exact) mass is 251 g/mol. The summed E-state index contributed by atoms with van der Waals surface area (Å²) in [5, 5.41) is 3.59. The topological polar surface area (TPSA) is 21.3 Å². The van der Waals surface area contributed by atoms with E-state index < -0.39 is 0 Å². The molecule has 1 aliphatic carbocycles. The fourth-order valence-electron chi connectivity index (χ4n) is 2.51. The first-order valence-electron chi connectivity index (χ1n) is 6.79. The van der Waals surface area contributed by atoms with E-state index in [4.69, 9.17) is 4.74 Å². The molecule has 1 atom stereocenters. The summed E-state index contributed by atoms with van der Waals surface area (Å²) in [6.07, 6.45) is 3.62. The van der Waals surface area contributed by atoms with Crippen LogP contribution in [0.3, 0.4) is 0 Å². The smallest absolute Gasteiger partial charge is 0.123 e. The van der Waals surface area contributed by atoms with Crippen LogP contribution in [0.5, 0.6) is 0 Å². The van der Waals surface area contributed by atoms with E-state index in [9.17, 15) is 4.39 Å². The Kier molecular flexibility index (Phi) is 4.72. The average molecular weight is 251 g/mol. The SMILES string of the molecule is CCOC1CC(NC(C)Cc2ccc(F)cc2)C1. The average Bonchev–Trinajstić information content (AvgIpc) is 2.29. The van der Waals surface area contributed by atoms with Crippen molar-refractivity contribution in [2.24, 2.45) is 0 Å². The summed E-state index contributed by atoms with van der Waals surface area (Å²) in [5.74, 6) is -0.169. The van der Waals surface area contributed by atoms with Gasteiger partial charge in [-0.05, 0) is 50.8 Å². The van der Waals surface area contributed by atoms with Crippen molar-refractivity contribution in [1.29, 1.82) is 0 Å². The van der Waals surface area contributed by atoms with E-state index in [0.29, 0.717) is 18.2 Å². The zero-order valence-electron chi connectivity index (χ0n) is 11.2. The summed E-state index contributed by atoms with van der Waals surface area (Å²) >= 11 is 0. The molecule has 1 fully saturated rings. The van der Waals surface area contributed by atoms with Gasteiger partial charge in [-0.1, -0.05) is 12.1 Å². The lowest BCUT2D eigenvalue weighted by Gasteiger charge is -2.37. The first-order valence-corrected chi connectivity index (χ1v) is 6.79. The van der Waals surface area contributed by atoms with Crippen LogP contribution in [0.2, 0.25) is 0 Å². The second-order valence-electron chi connectivity index (χ2n) is 5.14. The van der Waals surface area contributed by atoms with E-state index in [1.54, 1.807) is 0 Å². The van der Waals surface area contributed by atoms with E-state index in [1.807, 2.05) is 19.1 Å². The quantitative estimate of drug-likeness (QED) is 0.839. The van der Waals surface area contributed by atoms with E-state index >= 15 is 0 Å². The second-order valence-corrected chi connectivity index (χ2v) is 5.14. The lowest BCUT2D eigenvalue weighted by atomic mass is 9.88. The minimum atomic E-state index is -0.169. The van der Waals surface area contributed by atoms with Gasteiger partial charge in [-0.25, -0.2) is 4.39 Å². The van der Waals surface area contributed by atoms with E-state index in [1.165, 1.54) is 17.7 Å². The van der Waals surface area contributed by atoms with Gasteiger partial charge in [0.2, 0.25) is 0 Å². The standard InChI is InChI=1S/C15H22FNO/c1-3-18-15-9-14(10-15)17-11(2)8-12-4-6-13(16)7-5-12/h4-7,11,14-15,17H,3,8-10H2,1-2H3. The summed E-state index contributed by atoms with van der Waals surface area (Å²) in [6.45, 7) is 5.03. The van der Waals surface area contributed by atoms with Crippen molar-refractivity contribution in [2.45, 2.75) is 51.3 Å². The van der Waals surface area contributed by atoms with Gasteiger partial charge in [-0.15, -0.1) is 0 Å². The van der Waals surface area contributed by atoms with Gasteiger partial charge >= 0.3 is 0 Å². The summed E-state index contributed by atoms with van der Waals surface area (Å²) in [7, 11) is 0. The molecule has 18 heavy (non-hydrogen) atoms. The summed E-state index contributed by atoms with van der Waals surface area (Å²) in [4.78, 5) is 0. The highest BCUT2D eigenvalue weighted by molar-refractivity contribution is 5.17. The fourth-order valence-corrected chi connectivity index (χ4v) is 2.51. The van der Waals surface area contributed by atoms with Crippen molar-refractivity contribution >= 4 is 0 Å². The Morgan fingerprint density at radius 1 is 1.33 bits per heavy atom. The van der Waals surface area contributed by atoms with Gasteiger partial charge in [-0.2, -0.15) is 0 Å². The molecular formula is C15H22FNO. The third-order valence-electron chi connectivity index (χ3n) is 3.47. The van der Waals surface area contributed by atoms with Crippen molar-refractivity contribution < 1.29 is 9.13 Å². The summed E-state index contributed by atoms with van der Waals surface area (Å²) in [5.41, 5.74) is 1.18. The molecule has 1 aromatic carbocycles. The van der Waals surface area contributed by atoms with Crippen LogP contribution in [0.25, 0.3) is 0 Å². The molecule has 0 aliphatic heterocycles. The number of rotatable bonds is 6. The number of ether oxygens (including phenoxy) is 1. The summed E-state index contributed by atoms with van der Waals surface area (Å²) < 4.78 is 18.3. The Bertz CT molecular complexity index is 359. The predicted molar refractivity (Wildman–Crippen MR) is 71.1 cm³/mol. The highest BCUT2D eigenvalue weighted by Crippen LogP contribution is 2.23. The number of hydrogen-bond donors (Lipinski definition) is 1. The summed E-state index contributed by atoms with van der Waals surface area (Å²) in [6, 6.07) is 7.77. The van der Waals surface area contributed by atoms with Gasteiger partial charge in [0.15, 0.2) is 0 Å². The second kappa shape index (κ2) is 6.30. The maximum absolute atomic E-state index is 12.8. The maximum atomic E-state index is 12.8. The first-order chi connectivity index (χ1) is 8.67. The molecule has 1 saturated carbocycles. The molecule has 2 nitrogen and oxygen atoms in total. The van der Waals surface area contributed by atoms with Crippen LogP contribution in [0.1, 0.15) is 32.3 Å². The Labute approximate surface area is 109 Å². The highest BCUT2D eigenvalue weighted by Gasteiger charge is 2.29. The van der Waals surface area contributed by atoms with Gasteiger partial charge in [0.05, 0.1) is 6.10 Å². The third kappa shape index (κ3) is 3.79. The van der Waals surface area contributed by atoms with E-state index in [2.05, 4.69) is 12.2 Å². The van der Waals surface area contributed by atoms with Crippen LogP contribution in [-0.2, 0) is 11.2 Å². The van der Waals surface area contributed by atoms with E-state index in [0.717, 1.165) is 25.9 Å². The van der Waals surface area contributed by atoms with Crippen LogP contribution in [-0.4, -0.2) is 24.8 Å². The number of halogens is 1. The van der Waals surface area contributed by atoms with Crippen molar-refractivity contribution in [3.05, 3.63) is 35.6 Å². The first kappa shape index (κ1) is 13.5. The van der Waals surface area contributed by atoms with E-state index in [-0.39, 0.29) is 5.82 Å². The van der Waals surface area contributed by atoms with Crippen LogP contribution in [0.4, 0.5) is 4.39 Å². The number of hydrogen-bond acceptors (Lipinski definition) is 2. The lowest BCUT2D eigenvalue weighted by Crippen LogP contribution is -2.49. The largest absolute Gasteiger partial charge is 0.378 e. The Balaban J connectivity index is 1.70. The van der Waals surface area contributed by atoms with Gasteiger partial charge in [0, 0.05) is 18.7 Å². The van der Waals surface area contributed by atoms with Crippen molar-refractivity contribution in [1.82, 2.24) is 5.32 Å². The molecule has 1 aromatic rings. The van der Waals surface area contributed by atoms with Gasteiger partial charge in [-0.3, -0.25) is 0 Å². The lowest BCUT2D eigenvalue weighted by molar-refractivity contribution is -0.0119. The molecule has 1 aliphatic rings. The van der Waals surface area contributed by atoms with Crippen molar-refractivity contribution in [3.63, 3.8) is 0 Å². The molecule has 0 bridgehead atoms. The van der Waals surface area contributed by atoms with Crippen LogP contribution >= 0.6 is 0 Å². The molecule has 0 saturated heterocycles. The Morgan fingerprint density at radius 2 is 2.00 bits per heavy atom. The molecule has 0 radical (unpaired) electrons. The minimum absolute atomic E-state index is 0.169. The zero-order chi connectivity index (χ0) is 13.0. The third-order valence-corrected chi connectivity index (χ3v) is 3.47. The van der Waals surface area contributed by atoms with Crippen molar-refractivity contribution in [2.75, 3.05) is 6.61 Å². The van der Waals surface area contributed by atoms with Crippen molar-refractivity contribution in [3.8, 4) is 0 Å².